The van der Waals surface area contributed by atoms with Crippen LogP contribution in [-0.2, 0) is 0 Å². The van der Waals surface area contributed by atoms with Crippen LogP contribution in [-0.4, -0.2) is 23.5 Å². The van der Waals surface area contributed by atoms with Gasteiger partial charge in [-0.1, -0.05) is 36.2 Å². The van der Waals surface area contributed by atoms with Gasteiger partial charge in [0.15, 0.2) is 0 Å². The standard InChI is InChI=1S/C15H23ClN2/c1-11-7-5-6-10-18(11)15(12(2)17)13-8-3-4-9-14(13)16/h3-4,8-9,11-12,15H,5-7,10,17H2,1-2H3. The molecule has 2 nitrogen and oxygen atoms in total. The Labute approximate surface area is 115 Å². The Hall–Kier alpha value is -0.570. The minimum absolute atomic E-state index is 0.0884. The van der Waals surface area contributed by atoms with E-state index in [1.807, 2.05) is 18.2 Å². The van der Waals surface area contributed by atoms with Crippen molar-refractivity contribution in [3.63, 3.8) is 0 Å². The highest BCUT2D eigenvalue weighted by Gasteiger charge is 2.30. The number of hydrogen-bond donors (Lipinski definition) is 1. The molecule has 2 N–H and O–H groups in total. The Kier molecular flexibility index (Phi) is 4.66. The number of nitrogens with two attached hydrogens (primary N) is 1. The average Bonchev–Trinajstić information content (AvgIpc) is 2.34. The second-order valence-electron chi connectivity index (χ2n) is 5.41. The molecule has 3 atom stereocenters. The summed E-state index contributed by atoms with van der Waals surface area (Å²) in [5.74, 6) is 0. The van der Waals surface area contributed by atoms with Gasteiger partial charge in [-0.3, -0.25) is 4.90 Å². The van der Waals surface area contributed by atoms with Crippen molar-refractivity contribution in [2.24, 2.45) is 5.73 Å². The minimum Gasteiger partial charge on any atom is -0.326 e. The van der Waals surface area contributed by atoms with Gasteiger partial charge in [-0.25, -0.2) is 0 Å². The van der Waals surface area contributed by atoms with Gasteiger partial charge in [0.05, 0.1) is 6.04 Å². The third kappa shape index (κ3) is 2.87. The molecule has 0 bridgehead atoms. The molecule has 3 unspecified atom stereocenters. The summed E-state index contributed by atoms with van der Waals surface area (Å²) < 4.78 is 0. The molecule has 18 heavy (non-hydrogen) atoms. The van der Waals surface area contributed by atoms with Crippen LogP contribution in [0.4, 0.5) is 0 Å². The molecule has 0 spiro atoms. The van der Waals surface area contributed by atoms with Gasteiger partial charge in [0.2, 0.25) is 0 Å². The predicted octanol–water partition coefficient (Wildman–Crippen LogP) is 3.60. The Morgan fingerprint density at radius 3 is 2.67 bits per heavy atom. The fourth-order valence-electron chi connectivity index (χ4n) is 3.01. The first-order chi connectivity index (χ1) is 8.61. The zero-order chi connectivity index (χ0) is 13.1. The number of nitrogens with zero attached hydrogens (tertiary/aromatic N) is 1. The van der Waals surface area contributed by atoms with Crippen LogP contribution in [0, 0.1) is 0 Å². The first-order valence-electron chi connectivity index (χ1n) is 6.87. The fourth-order valence-corrected chi connectivity index (χ4v) is 3.26. The van der Waals surface area contributed by atoms with Crippen molar-refractivity contribution < 1.29 is 0 Å². The summed E-state index contributed by atoms with van der Waals surface area (Å²) in [6.45, 7) is 5.50. The van der Waals surface area contributed by atoms with Crippen molar-refractivity contribution in [2.75, 3.05) is 6.54 Å². The van der Waals surface area contributed by atoms with Gasteiger partial charge in [-0.15, -0.1) is 0 Å². The van der Waals surface area contributed by atoms with E-state index in [-0.39, 0.29) is 12.1 Å². The van der Waals surface area contributed by atoms with Crippen LogP contribution in [0.1, 0.15) is 44.7 Å². The summed E-state index contributed by atoms with van der Waals surface area (Å²) in [5.41, 5.74) is 7.40. The first-order valence-corrected chi connectivity index (χ1v) is 7.25. The maximum atomic E-state index is 6.35. The largest absolute Gasteiger partial charge is 0.326 e. The van der Waals surface area contributed by atoms with Gasteiger partial charge in [0, 0.05) is 17.1 Å². The van der Waals surface area contributed by atoms with Gasteiger partial charge >= 0.3 is 0 Å². The molecular weight excluding hydrogens is 244 g/mol. The van der Waals surface area contributed by atoms with Gasteiger partial charge in [0.25, 0.3) is 0 Å². The predicted molar refractivity (Wildman–Crippen MR) is 77.9 cm³/mol. The van der Waals surface area contributed by atoms with E-state index in [0.717, 1.165) is 11.6 Å². The van der Waals surface area contributed by atoms with Crippen LogP contribution < -0.4 is 5.73 Å². The Morgan fingerprint density at radius 1 is 1.33 bits per heavy atom. The maximum absolute atomic E-state index is 6.35. The van der Waals surface area contributed by atoms with E-state index in [2.05, 4.69) is 24.8 Å². The van der Waals surface area contributed by atoms with Crippen molar-refractivity contribution in [2.45, 2.75) is 51.2 Å². The third-order valence-corrected chi connectivity index (χ3v) is 4.28. The summed E-state index contributed by atoms with van der Waals surface area (Å²) in [6.07, 6.45) is 3.84. The Morgan fingerprint density at radius 2 is 2.06 bits per heavy atom. The highest BCUT2D eigenvalue weighted by Crippen LogP contribution is 2.33. The summed E-state index contributed by atoms with van der Waals surface area (Å²) in [7, 11) is 0. The summed E-state index contributed by atoms with van der Waals surface area (Å²) >= 11 is 6.35. The lowest BCUT2D eigenvalue weighted by molar-refractivity contribution is 0.0924. The lowest BCUT2D eigenvalue weighted by Gasteiger charge is -2.42. The summed E-state index contributed by atoms with van der Waals surface area (Å²) in [5, 5.41) is 0.831. The normalized spacial score (nSPS) is 24.8. The molecular formula is C15H23ClN2. The molecule has 0 aromatic heterocycles. The van der Waals surface area contributed by atoms with Gasteiger partial charge < -0.3 is 5.73 Å². The van der Waals surface area contributed by atoms with E-state index in [0.29, 0.717) is 6.04 Å². The van der Waals surface area contributed by atoms with Crippen LogP contribution in [0.15, 0.2) is 24.3 Å². The smallest absolute Gasteiger partial charge is 0.0514 e. The van der Waals surface area contributed by atoms with Gasteiger partial charge in [-0.05, 0) is 44.9 Å². The second-order valence-corrected chi connectivity index (χ2v) is 5.82. The molecule has 1 aromatic carbocycles. The fraction of sp³-hybridized carbons (Fsp3) is 0.600. The van der Waals surface area contributed by atoms with Crippen LogP contribution in [0.25, 0.3) is 0 Å². The molecule has 2 rings (SSSR count). The molecule has 1 saturated heterocycles. The topological polar surface area (TPSA) is 29.3 Å². The zero-order valence-electron chi connectivity index (χ0n) is 11.3. The molecule has 0 amide bonds. The van der Waals surface area contributed by atoms with Gasteiger partial charge in [0.1, 0.15) is 0 Å². The molecule has 1 aromatic rings. The maximum Gasteiger partial charge on any atom is 0.0514 e. The van der Waals surface area contributed by atoms with E-state index < -0.39 is 0 Å². The number of rotatable bonds is 3. The second kappa shape index (κ2) is 6.05. The van der Waals surface area contributed by atoms with Crippen LogP contribution in [0.5, 0.6) is 0 Å². The van der Waals surface area contributed by atoms with Crippen LogP contribution in [0.2, 0.25) is 5.02 Å². The lowest BCUT2D eigenvalue weighted by Crippen LogP contribution is -2.46. The number of piperidine rings is 1. The molecule has 0 aliphatic carbocycles. The highest BCUT2D eigenvalue weighted by atomic mass is 35.5. The Bertz CT molecular complexity index is 392. The number of halogens is 1. The SMILES string of the molecule is CC(N)C(c1ccccc1Cl)N1CCCCC1C. The summed E-state index contributed by atoms with van der Waals surface area (Å²) in [4.78, 5) is 2.52. The van der Waals surface area contributed by atoms with Crippen molar-refractivity contribution in [1.29, 1.82) is 0 Å². The van der Waals surface area contributed by atoms with Crippen LogP contribution >= 0.6 is 11.6 Å². The third-order valence-electron chi connectivity index (χ3n) is 3.93. The van der Waals surface area contributed by atoms with E-state index in [1.165, 1.54) is 24.8 Å². The van der Waals surface area contributed by atoms with E-state index >= 15 is 0 Å². The van der Waals surface area contributed by atoms with E-state index in [9.17, 15) is 0 Å². The van der Waals surface area contributed by atoms with E-state index in [1.54, 1.807) is 0 Å². The molecule has 1 fully saturated rings. The molecule has 1 aliphatic heterocycles. The molecule has 0 radical (unpaired) electrons. The summed E-state index contributed by atoms with van der Waals surface area (Å²) in [6, 6.07) is 9.00. The molecule has 3 heteroatoms. The molecule has 0 saturated carbocycles. The van der Waals surface area contributed by atoms with Gasteiger partial charge in [-0.2, -0.15) is 0 Å². The minimum atomic E-state index is 0.0884. The van der Waals surface area contributed by atoms with Crippen molar-refractivity contribution in [1.82, 2.24) is 4.90 Å². The lowest BCUT2D eigenvalue weighted by atomic mass is 9.93. The number of hydrogen-bond acceptors (Lipinski definition) is 2. The van der Waals surface area contributed by atoms with E-state index in [4.69, 9.17) is 17.3 Å². The average molecular weight is 267 g/mol. The molecule has 1 heterocycles. The monoisotopic (exact) mass is 266 g/mol. The highest BCUT2D eigenvalue weighted by molar-refractivity contribution is 6.31. The number of likely N-dealkylation sites (tertiary alicyclic amines) is 1. The number of benzene rings is 1. The molecule has 1 aliphatic rings. The Balaban J connectivity index is 2.31. The van der Waals surface area contributed by atoms with Crippen molar-refractivity contribution in [3.05, 3.63) is 34.9 Å². The van der Waals surface area contributed by atoms with Crippen molar-refractivity contribution >= 4 is 11.6 Å². The van der Waals surface area contributed by atoms with Crippen molar-refractivity contribution in [3.8, 4) is 0 Å². The first kappa shape index (κ1) is 13.9. The molecule has 100 valence electrons. The zero-order valence-corrected chi connectivity index (χ0v) is 12.0. The van der Waals surface area contributed by atoms with Crippen LogP contribution in [0.3, 0.4) is 0 Å². The quantitative estimate of drug-likeness (QED) is 0.906.